The highest BCUT2D eigenvalue weighted by molar-refractivity contribution is 14.1. The molecule has 4 nitrogen and oxygen atoms in total. The van der Waals surface area contributed by atoms with Crippen LogP contribution in [0.1, 0.15) is 10.5 Å². The summed E-state index contributed by atoms with van der Waals surface area (Å²) in [5.41, 5.74) is 6.33. The lowest BCUT2D eigenvalue weighted by Gasteiger charge is -2.07. The second kappa shape index (κ2) is 5.53. The topological polar surface area (TPSA) is 68.0 Å². The van der Waals surface area contributed by atoms with Gasteiger partial charge in [-0.2, -0.15) is 0 Å². The molecule has 0 unspecified atom stereocenters. The largest absolute Gasteiger partial charge is 0.384 e. The molecule has 6 heteroatoms. The van der Waals surface area contributed by atoms with Gasteiger partial charge in [0.2, 0.25) is 0 Å². The van der Waals surface area contributed by atoms with Crippen molar-refractivity contribution in [3.63, 3.8) is 0 Å². The lowest BCUT2D eigenvalue weighted by Crippen LogP contribution is -2.14. The van der Waals surface area contributed by atoms with Gasteiger partial charge in [0.15, 0.2) is 0 Å². The summed E-state index contributed by atoms with van der Waals surface area (Å²) < 4.78 is 0.979. The van der Waals surface area contributed by atoms with Gasteiger partial charge in [0.25, 0.3) is 5.91 Å². The number of benzene rings is 1. The number of amides is 1. The molecule has 0 bridgehead atoms. The Balaban J connectivity index is 2.24. The lowest BCUT2D eigenvalue weighted by atomic mass is 10.3. The van der Waals surface area contributed by atoms with Gasteiger partial charge in [-0.1, -0.05) is 17.7 Å². The fraction of sp³-hybridized carbons (Fsp3) is 0. The third-order valence-electron chi connectivity index (χ3n) is 2.18. The Bertz CT molecular complexity index is 604. The van der Waals surface area contributed by atoms with Crippen molar-refractivity contribution in [3.8, 4) is 0 Å². The van der Waals surface area contributed by atoms with Crippen LogP contribution in [0.5, 0.6) is 0 Å². The smallest absolute Gasteiger partial charge is 0.274 e. The summed E-state index contributed by atoms with van der Waals surface area (Å²) >= 11 is 8.14. The zero-order valence-corrected chi connectivity index (χ0v) is 12.1. The molecule has 18 heavy (non-hydrogen) atoms. The molecule has 1 aromatic carbocycles. The van der Waals surface area contributed by atoms with Crippen LogP contribution in [0.25, 0.3) is 0 Å². The molecule has 1 amide bonds. The summed E-state index contributed by atoms with van der Waals surface area (Å²) in [6.45, 7) is 0. The van der Waals surface area contributed by atoms with Crippen molar-refractivity contribution in [1.29, 1.82) is 0 Å². The van der Waals surface area contributed by atoms with Crippen LogP contribution in [-0.2, 0) is 0 Å². The molecule has 0 fully saturated rings. The van der Waals surface area contributed by atoms with Crippen LogP contribution in [0.4, 0.5) is 11.5 Å². The van der Waals surface area contributed by atoms with E-state index in [1.54, 1.807) is 30.3 Å². The minimum absolute atomic E-state index is 0.255. The molecule has 0 radical (unpaired) electrons. The van der Waals surface area contributed by atoms with E-state index in [1.807, 2.05) is 6.07 Å². The number of carbonyl (C=O) groups is 1. The number of anilines is 2. The number of halogens is 2. The molecule has 92 valence electrons. The Labute approximate surface area is 123 Å². The van der Waals surface area contributed by atoms with Crippen molar-refractivity contribution in [2.45, 2.75) is 0 Å². The minimum Gasteiger partial charge on any atom is -0.384 e. The van der Waals surface area contributed by atoms with Gasteiger partial charge in [0, 0.05) is 3.57 Å². The van der Waals surface area contributed by atoms with Gasteiger partial charge in [-0.15, -0.1) is 0 Å². The van der Waals surface area contributed by atoms with Crippen LogP contribution in [0.15, 0.2) is 36.4 Å². The molecule has 0 aliphatic carbocycles. The zero-order valence-electron chi connectivity index (χ0n) is 9.15. The Kier molecular flexibility index (Phi) is 4.03. The van der Waals surface area contributed by atoms with Crippen LogP contribution in [0, 0.1) is 3.57 Å². The van der Waals surface area contributed by atoms with E-state index in [9.17, 15) is 4.79 Å². The van der Waals surface area contributed by atoms with Crippen LogP contribution in [0.2, 0.25) is 5.02 Å². The molecular formula is C12H9ClIN3O. The second-order valence-electron chi connectivity index (χ2n) is 3.53. The average Bonchev–Trinajstić information content (AvgIpc) is 2.34. The number of hydrogen-bond donors (Lipinski definition) is 2. The molecule has 0 spiro atoms. The third kappa shape index (κ3) is 3.11. The summed E-state index contributed by atoms with van der Waals surface area (Å²) in [7, 11) is 0. The number of nitrogen functional groups attached to an aromatic ring is 1. The summed E-state index contributed by atoms with van der Waals surface area (Å²) in [5.74, 6) is -0.0393. The standard InChI is InChI=1S/C12H9ClIN3O/c13-8-5-4-7(14)6-10(8)17-12(18)9-2-1-3-11(15)16-9/h1-6H,(H2,15,16)(H,17,18). The summed E-state index contributed by atoms with van der Waals surface area (Å²) in [5, 5.41) is 3.18. The minimum atomic E-state index is -0.341. The van der Waals surface area contributed by atoms with Crippen molar-refractivity contribution < 1.29 is 4.79 Å². The van der Waals surface area contributed by atoms with Gasteiger partial charge in [-0.05, 0) is 52.9 Å². The molecule has 1 aromatic heterocycles. The molecule has 2 aromatic rings. The number of nitrogens with one attached hydrogen (secondary N) is 1. The number of hydrogen-bond acceptors (Lipinski definition) is 3. The van der Waals surface area contributed by atoms with Crippen molar-refractivity contribution in [2.75, 3.05) is 11.1 Å². The van der Waals surface area contributed by atoms with E-state index in [-0.39, 0.29) is 11.6 Å². The van der Waals surface area contributed by atoms with E-state index < -0.39 is 0 Å². The van der Waals surface area contributed by atoms with Crippen LogP contribution in [0.3, 0.4) is 0 Å². The molecule has 3 N–H and O–H groups in total. The molecule has 0 saturated carbocycles. The van der Waals surface area contributed by atoms with E-state index >= 15 is 0 Å². The highest BCUT2D eigenvalue weighted by Crippen LogP contribution is 2.24. The highest BCUT2D eigenvalue weighted by Gasteiger charge is 2.10. The van der Waals surface area contributed by atoms with E-state index in [4.69, 9.17) is 17.3 Å². The first-order valence-electron chi connectivity index (χ1n) is 5.05. The van der Waals surface area contributed by atoms with Crippen LogP contribution in [-0.4, -0.2) is 10.9 Å². The first kappa shape index (κ1) is 13.1. The van der Waals surface area contributed by atoms with Crippen molar-refractivity contribution >= 4 is 51.6 Å². The maximum Gasteiger partial charge on any atom is 0.274 e. The van der Waals surface area contributed by atoms with Gasteiger partial charge in [-0.25, -0.2) is 4.98 Å². The van der Waals surface area contributed by atoms with E-state index in [2.05, 4.69) is 32.9 Å². The van der Waals surface area contributed by atoms with E-state index in [1.165, 1.54) is 0 Å². The summed E-state index contributed by atoms with van der Waals surface area (Å²) in [4.78, 5) is 15.9. The van der Waals surface area contributed by atoms with Gasteiger partial charge in [0.1, 0.15) is 11.5 Å². The van der Waals surface area contributed by atoms with E-state index in [0.717, 1.165) is 3.57 Å². The van der Waals surface area contributed by atoms with Crippen LogP contribution >= 0.6 is 34.2 Å². The number of pyridine rings is 1. The van der Waals surface area contributed by atoms with Gasteiger partial charge < -0.3 is 11.1 Å². The molecule has 1 heterocycles. The van der Waals surface area contributed by atoms with Gasteiger partial charge in [0.05, 0.1) is 10.7 Å². The second-order valence-corrected chi connectivity index (χ2v) is 5.18. The molecule has 0 saturated heterocycles. The highest BCUT2D eigenvalue weighted by atomic mass is 127. The Morgan fingerprint density at radius 1 is 1.33 bits per heavy atom. The van der Waals surface area contributed by atoms with Crippen molar-refractivity contribution in [1.82, 2.24) is 4.98 Å². The Morgan fingerprint density at radius 3 is 2.83 bits per heavy atom. The number of nitrogens with two attached hydrogens (primary N) is 1. The molecular weight excluding hydrogens is 365 g/mol. The first-order valence-corrected chi connectivity index (χ1v) is 6.51. The first-order chi connectivity index (χ1) is 8.56. The fourth-order valence-electron chi connectivity index (χ4n) is 1.36. The lowest BCUT2D eigenvalue weighted by molar-refractivity contribution is 0.102. The zero-order chi connectivity index (χ0) is 13.1. The number of aromatic nitrogens is 1. The number of carbonyl (C=O) groups excluding carboxylic acids is 1. The number of nitrogens with zero attached hydrogens (tertiary/aromatic N) is 1. The molecule has 0 aliphatic heterocycles. The van der Waals surface area contributed by atoms with Gasteiger partial charge in [-0.3, -0.25) is 4.79 Å². The van der Waals surface area contributed by atoms with Crippen LogP contribution < -0.4 is 11.1 Å². The SMILES string of the molecule is Nc1cccc(C(=O)Nc2cc(I)ccc2Cl)n1. The molecule has 0 aliphatic rings. The van der Waals surface area contributed by atoms with E-state index in [0.29, 0.717) is 16.5 Å². The maximum atomic E-state index is 11.9. The molecule has 2 rings (SSSR count). The predicted molar refractivity (Wildman–Crippen MR) is 80.8 cm³/mol. The third-order valence-corrected chi connectivity index (χ3v) is 3.18. The van der Waals surface area contributed by atoms with Crippen molar-refractivity contribution in [2.24, 2.45) is 0 Å². The fourth-order valence-corrected chi connectivity index (χ4v) is 2.01. The summed E-state index contributed by atoms with van der Waals surface area (Å²) in [6.07, 6.45) is 0. The predicted octanol–water partition coefficient (Wildman–Crippen LogP) is 3.17. The summed E-state index contributed by atoms with van der Waals surface area (Å²) in [6, 6.07) is 10.3. The quantitative estimate of drug-likeness (QED) is 0.795. The normalized spacial score (nSPS) is 10.1. The van der Waals surface area contributed by atoms with Crippen molar-refractivity contribution in [3.05, 3.63) is 50.7 Å². The Morgan fingerprint density at radius 2 is 2.11 bits per heavy atom. The number of rotatable bonds is 2. The Hall–Kier alpha value is -1.34. The molecule has 0 atom stereocenters. The maximum absolute atomic E-state index is 11.9. The monoisotopic (exact) mass is 373 g/mol. The average molecular weight is 374 g/mol. The van der Waals surface area contributed by atoms with Gasteiger partial charge >= 0.3 is 0 Å².